The Kier molecular flexibility index (Phi) is 3.97. The van der Waals surface area contributed by atoms with Crippen molar-refractivity contribution in [2.75, 3.05) is 20.6 Å². The number of hydrogen-bond acceptors (Lipinski definition) is 3. The van der Waals surface area contributed by atoms with Crippen molar-refractivity contribution in [2.24, 2.45) is 0 Å². The fourth-order valence-corrected chi connectivity index (χ4v) is 2.04. The van der Waals surface area contributed by atoms with E-state index < -0.39 is 11.7 Å². The standard InChI is InChI=1S/C13H16N4O4/c1-16(2)12(20)14-6-7-17-10-8(11(18)19)4-3-5-9(10)15-13(17)21/h3-5H,6-7H2,1-2H3,(H,14,20)(H,15,21)(H,18,19). The van der Waals surface area contributed by atoms with E-state index in [4.69, 9.17) is 0 Å². The van der Waals surface area contributed by atoms with Gasteiger partial charge in [0.15, 0.2) is 0 Å². The van der Waals surface area contributed by atoms with Crippen molar-refractivity contribution >= 4 is 23.0 Å². The first-order chi connectivity index (χ1) is 9.91. The zero-order valence-electron chi connectivity index (χ0n) is 11.7. The molecule has 2 rings (SSSR count). The van der Waals surface area contributed by atoms with Crippen LogP contribution in [-0.2, 0) is 6.54 Å². The van der Waals surface area contributed by atoms with E-state index in [1.165, 1.54) is 15.5 Å². The molecule has 0 atom stereocenters. The van der Waals surface area contributed by atoms with Crippen LogP contribution in [0.25, 0.3) is 11.0 Å². The number of aromatic amines is 1. The number of carboxylic acid groups (broad SMARTS) is 1. The van der Waals surface area contributed by atoms with Crippen LogP contribution in [0, 0.1) is 0 Å². The summed E-state index contributed by atoms with van der Waals surface area (Å²) < 4.78 is 1.31. The van der Waals surface area contributed by atoms with Crippen LogP contribution >= 0.6 is 0 Å². The molecule has 2 aromatic rings. The number of amides is 2. The number of benzene rings is 1. The Labute approximate surface area is 120 Å². The number of hydrogen-bond donors (Lipinski definition) is 3. The van der Waals surface area contributed by atoms with Crippen LogP contribution in [0.4, 0.5) is 4.79 Å². The second kappa shape index (κ2) is 5.70. The summed E-state index contributed by atoms with van der Waals surface area (Å²) in [6.07, 6.45) is 0. The van der Waals surface area contributed by atoms with Gasteiger partial charge in [-0.2, -0.15) is 0 Å². The zero-order chi connectivity index (χ0) is 15.6. The third kappa shape index (κ3) is 2.88. The van der Waals surface area contributed by atoms with Crippen molar-refractivity contribution in [1.82, 2.24) is 19.8 Å². The average molecular weight is 292 g/mol. The molecule has 2 amide bonds. The van der Waals surface area contributed by atoms with E-state index >= 15 is 0 Å². The Balaban J connectivity index is 2.31. The summed E-state index contributed by atoms with van der Waals surface area (Å²) in [5.41, 5.74) is 0.426. The van der Waals surface area contributed by atoms with Crippen LogP contribution in [0.3, 0.4) is 0 Å². The molecular weight excluding hydrogens is 276 g/mol. The van der Waals surface area contributed by atoms with E-state index in [-0.39, 0.29) is 24.7 Å². The minimum atomic E-state index is -1.11. The lowest BCUT2D eigenvalue weighted by atomic mass is 10.2. The van der Waals surface area contributed by atoms with Crippen LogP contribution in [0.2, 0.25) is 0 Å². The normalized spacial score (nSPS) is 10.6. The number of imidazole rings is 1. The van der Waals surface area contributed by atoms with Crippen LogP contribution in [0.15, 0.2) is 23.0 Å². The predicted molar refractivity (Wildman–Crippen MR) is 76.6 cm³/mol. The van der Waals surface area contributed by atoms with Gasteiger partial charge in [-0.15, -0.1) is 0 Å². The monoisotopic (exact) mass is 292 g/mol. The van der Waals surface area contributed by atoms with Crippen molar-refractivity contribution in [1.29, 1.82) is 0 Å². The predicted octanol–water partition coefficient (Wildman–Crippen LogP) is 0.299. The van der Waals surface area contributed by atoms with E-state index in [0.717, 1.165) is 0 Å². The number of H-pyrrole nitrogens is 1. The molecule has 0 fully saturated rings. The smallest absolute Gasteiger partial charge is 0.337 e. The molecule has 0 unspecified atom stereocenters. The third-order valence-corrected chi connectivity index (χ3v) is 3.04. The number of fused-ring (bicyclic) bond motifs is 1. The molecule has 0 radical (unpaired) electrons. The molecule has 0 saturated carbocycles. The highest BCUT2D eigenvalue weighted by atomic mass is 16.4. The maximum absolute atomic E-state index is 11.9. The highest BCUT2D eigenvalue weighted by Gasteiger charge is 2.15. The van der Waals surface area contributed by atoms with Crippen LogP contribution in [0.1, 0.15) is 10.4 Å². The lowest BCUT2D eigenvalue weighted by Gasteiger charge is -2.12. The van der Waals surface area contributed by atoms with Gasteiger partial charge in [-0.05, 0) is 12.1 Å². The summed E-state index contributed by atoms with van der Waals surface area (Å²) in [5.74, 6) is -1.11. The maximum Gasteiger partial charge on any atom is 0.337 e. The molecule has 1 aromatic carbocycles. The van der Waals surface area contributed by atoms with Crippen molar-refractivity contribution in [3.05, 3.63) is 34.2 Å². The molecule has 0 aliphatic rings. The van der Waals surface area contributed by atoms with Gasteiger partial charge in [0.2, 0.25) is 0 Å². The van der Waals surface area contributed by atoms with Crippen molar-refractivity contribution in [3.63, 3.8) is 0 Å². The molecule has 8 heteroatoms. The van der Waals surface area contributed by atoms with Gasteiger partial charge in [-0.3, -0.25) is 4.57 Å². The number of nitrogens with zero attached hydrogens (tertiary/aromatic N) is 2. The topological polar surface area (TPSA) is 107 Å². The molecule has 1 aromatic heterocycles. The summed E-state index contributed by atoms with van der Waals surface area (Å²) >= 11 is 0. The van der Waals surface area contributed by atoms with E-state index in [0.29, 0.717) is 11.0 Å². The number of carboxylic acids is 1. The summed E-state index contributed by atoms with van der Waals surface area (Å²) in [6, 6.07) is 4.37. The second-order valence-electron chi connectivity index (χ2n) is 4.72. The first-order valence-corrected chi connectivity index (χ1v) is 6.32. The fraction of sp³-hybridized carbons (Fsp3) is 0.308. The van der Waals surface area contributed by atoms with Crippen molar-refractivity contribution < 1.29 is 14.7 Å². The highest BCUT2D eigenvalue weighted by molar-refractivity contribution is 6.01. The number of nitrogens with one attached hydrogen (secondary N) is 2. The number of para-hydroxylation sites is 1. The summed E-state index contributed by atoms with van der Waals surface area (Å²) in [5, 5.41) is 11.8. The van der Waals surface area contributed by atoms with Gasteiger partial charge < -0.3 is 20.3 Å². The quantitative estimate of drug-likeness (QED) is 0.753. The molecule has 0 aliphatic carbocycles. The van der Waals surface area contributed by atoms with Gasteiger partial charge in [0, 0.05) is 27.2 Å². The Bertz CT molecular complexity index is 744. The molecule has 0 aliphatic heterocycles. The lowest BCUT2D eigenvalue weighted by molar-refractivity contribution is 0.0698. The minimum Gasteiger partial charge on any atom is -0.478 e. The largest absolute Gasteiger partial charge is 0.478 e. The molecule has 0 spiro atoms. The fourth-order valence-electron chi connectivity index (χ4n) is 2.04. The SMILES string of the molecule is CN(C)C(=O)NCCn1c(=O)[nH]c2cccc(C(=O)O)c21. The van der Waals surface area contributed by atoms with Gasteiger partial charge in [-0.25, -0.2) is 14.4 Å². The van der Waals surface area contributed by atoms with Crippen LogP contribution < -0.4 is 11.0 Å². The van der Waals surface area contributed by atoms with Gasteiger partial charge in [0.25, 0.3) is 0 Å². The van der Waals surface area contributed by atoms with E-state index in [1.807, 2.05) is 0 Å². The highest BCUT2D eigenvalue weighted by Crippen LogP contribution is 2.15. The summed E-state index contributed by atoms with van der Waals surface area (Å²) in [6.45, 7) is 0.403. The Morgan fingerprint density at radius 2 is 2.10 bits per heavy atom. The summed E-state index contributed by atoms with van der Waals surface area (Å²) in [7, 11) is 3.21. The van der Waals surface area contributed by atoms with Crippen LogP contribution in [-0.4, -0.2) is 52.2 Å². The van der Waals surface area contributed by atoms with Gasteiger partial charge in [0.05, 0.1) is 16.6 Å². The molecule has 8 nitrogen and oxygen atoms in total. The minimum absolute atomic E-state index is 0.0461. The Morgan fingerprint density at radius 1 is 1.38 bits per heavy atom. The molecule has 21 heavy (non-hydrogen) atoms. The van der Waals surface area contributed by atoms with Gasteiger partial charge in [-0.1, -0.05) is 6.07 Å². The van der Waals surface area contributed by atoms with E-state index in [2.05, 4.69) is 10.3 Å². The van der Waals surface area contributed by atoms with E-state index in [9.17, 15) is 19.5 Å². The maximum atomic E-state index is 11.9. The number of urea groups is 1. The molecule has 1 heterocycles. The van der Waals surface area contributed by atoms with Crippen LogP contribution in [0.5, 0.6) is 0 Å². The lowest BCUT2D eigenvalue weighted by Crippen LogP contribution is -2.37. The number of aromatic carboxylic acids is 1. The first-order valence-electron chi connectivity index (χ1n) is 6.32. The first kappa shape index (κ1) is 14.6. The Morgan fingerprint density at radius 3 is 2.71 bits per heavy atom. The number of carbonyl (C=O) groups excluding carboxylic acids is 1. The summed E-state index contributed by atoms with van der Waals surface area (Å²) in [4.78, 5) is 38.6. The second-order valence-corrected chi connectivity index (χ2v) is 4.72. The van der Waals surface area contributed by atoms with E-state index in [1.54, 1.807) is 26.2 Å². The number of rotatable bonds is 4. The molecule has 0 bridgehead atoms. The van der Waals surface area contributed by atoms with Gasteiger partial charge >= 0.3 is 17.7 Å². The number of carbonyl (C=O) groups is 2. The molecule has 3 N–H and O–H groups in total. The van der Waals surface area contributed by atoms with Gasteiger partial charge in [0.1, 0.15) is 0 Å². The average Bonchev–Trinajstić information content (AvgIpc) is 2.74. The van der Waals surface area contributed by atoms with Crippen molar-refractivity contribution in [3.8, 4) is 0 Å². The molecule has 0 saturated heterocycles. The third-order valence-electron chi connectivity index (χ3n) is 3.04. The molecular formula is C13H16N4O4. The Hall–Kier alpha value is -2.77. The number of aromatic nitrogens is 2. The zero-order valence-corrected chi connectivity index (χ0v) is 11.7. The molecule has 112 valence electrons. The van der Waals surface area contributed by atoms with Crippen molar-refractivity contribution in [2.45, 2.75) is 6.54 Å².